The highest BCUT2D eigenvalue weighted by Gasteiger charge is 2.05. The van der Waals surface area contributed by atoms with E-state index in [-0.39, 0.29) is 5.97 Å². The molecular formula is C20H34O2. The Bertz CT molecular complexity index is 413. The first kappa shape index (κ1) is 20.7. The zero-order chi connectivity index (χ0) is 17.0. The molecule has 2 heteroatoms. The molecule has 0 aromatic carbocycles. The highest BCUT2D eigenvalue weighted by molar-refractivity contribution is 5.83. The Hall–Kier alpha value is -1.31. The topological polar surface area (TPSA) is 26.3 Å². The van der Waals surface area contributed by atoms with Gasteiger partial charge in [0, 0.05) is 6.08 Å². The van der Waals surface area contributed by atoms with Gasteiger partial charge in [-0.15, -0.1) is 0 Å². The summed E-state index contributed by atoms with van der Waals surface area (Å²) < 4.78 is 4.95. The third-order valence-electron chi connectivity index (χ3n) is 4.20. The Morgan fingerprint density at radius 1 is 1.05 bits per heavy atom. The van der Waals surface area contributed by atoms with Crippen LogP contribution in [0.3, 0.4) is 0 Å². The van der Waals surface area contributed by atoms with Crippen LogP contribution < -0.4 is 0 Å². The molecule has 0 heterocycles. The molecule has 0 saturated heterocycles. The Balaban J connectivity index is 4.47. The maximum Gasteiger partial charge on any atom is 0.331 e. The summed E-state index contributed by atoms with van der Waals surface area (Å²) in [7, 11) is 0. The number of rotatable bonds is 10. The van der Waals surface area contributed by atoms with E-state index in [4.69, 9.17) is 4.74 Å². The summed E-state index contributed by atoms with van der Waals surface area (Å²) in [6.07, 6.45) is 12.0. The summed E-state index contributed by atoms with van der Waals surface area (Å²) >= 11 is 0. The fourth-order valence-corrected chi connectivity index (χ4v) is 2.18. The SMILES string of the molecule is CCOC(=O)C=C(C)C(C)=CCC(CC)CCC=C(C)CC. The quantitative estimate of drug-likeness (QED) is 0.214. The van der Waals surface area contributed by atoms with E-state index in [1.54, 1.807) is 6.08 Å². The van der Waals surface area contributed by atoms with Gasteiger partial charge in [0.05, 0.1) is 6.61 Å². The Kier molecular flexibility index (Phi) is 11.5. The molecule has 0 aromatic heterocycles. The summed E-state index contributed by atoms with van der Waals surface area (Å²) in [4.78, 5) is 11.5. The predicted molar refractivity (Wildman–Crippen MR) is 95.8 cm³/mol. The molecule has 0 N–H and O–H groups in total. The van der Waals surface area contributed by atoms with Gasteiger partial charge in [0.25, 0.3) is 0 Å². The van der Waals surface area contributed by atoms with Crippen molar-refractivity contribution in [3.05, 3.63) is 34.9 Å². The average Bonchev–Trinajstić information content (AvgIpc) is 2.49. The van der Waals surface area contributed by atoms with Crippen molar-refractivity contribution in [3.8, 4) is 0 Å². The van der Waals surface area contributed by atoms with Gasteiger partial charge >= 0.3 is 5.97 Å². The van der Waals surface area contributed by atoms with Crippen molar-refractivity contribution in [1.29, 1.82) is 0 Å². The number of hydrogen-bond donors (Lipinski definition) is 0. The minimum absolute atomic E-state index is 0.250. The van der Waals surface area contributed by atoms with Crippen molar-refractivity contribution < 1.29 is 9.53 Å². The molecule has 0 aliphatic carbocycles. The van der Waals surface area contributed by atoms with Gasteiger partial charge in [-0.3, -0.25) is 0 Å². The number of allylic oxidation sites excluding steroid dienone is 5. The number of hydrogen-bond acceptors (Lipinski definition) is 2. The van der Waals surface area contributed by atoms with E-state index in [0.29, 0.717) is 12.5 Å². The molecular weight excluding hydrogens is 272 g/mol. The van der Waals surface area contributed by atoms with Crippen molar-refractivity contribution in [2.24, 2.45) is 5.92 Å². The molecule has 0 aliphatic rings. The van der Waals surface area contributed by atoms with E-state index in [1.807, 2.05) is 13.8 Å². The van der Waals surface area contributed by atoms with E-state index in [9.17, 15) is 4.79 Å². The molecule has 0 aromatic rings. The van der Waals surface area contributed by atoms with E-state index in [2.05, 4.69) is 39.8 Å². The third kappa shape index (κ3) is 9.59. The lowest BCUT2D eigenvalue weighted by Crippen LogP contribution is -2.01. The predicted octanol–water partition coefficient (Wildman–Crippen LogP) is 5.99. The van der Waals surface area contributed by atoms with E-state index in [0.717, 1.165) is 18.4 Å². The van der Waals surface area contributed by atoms with Gasteiger partial charge in [-0.05, 0) is 64.9 Å². The largest absolute Gasteiger partial charge is 0.463 e. The molecule has 0 bridgehead atoms. The van der Waals surface area contributed by atoms with Gasteiger partial charge in [-0.2, -0.15) is 0 Å². The van der Waals surface area contributed by atoms with E-state index in [1.165, 1.54) is 30.4 Å². The zero-order valence-corrected chi connectivity index (χ0v) is 15.4. The molecule has 1 unspecified atom stereocenters. The van der Waals surface area contributed by atoms with Crippen LogP contribution in [0.1, 0.15) is 73.6 Å². The molecule has 1 atom stereocenters. The lowest BCUT2D eigenvalue weighted by molar-refractivity contribution is -0.137. The number of carbonyl (C=O) groups excluding carboxylic acids is 1. The van der Waals surface area contributed by atoms with Crippen molar-refractivity contribution in [3.63, 3.8) is 0 Å². The van der Waals surface area contributed by atoms with Crippen LogP contribution in [0, 0.1) is 5.92 Å². The van der Waals surface area contributed by atoms with Gasteiger partial charge in [0.2, 0.25) is 0 Å². The molecule has 0 radical (unpaired) electrons. The highest BCUT2D eigenvalue weighted by Crippen LogP contribution is 2.20. The van der Waals surface area contributed by atoms with Gasteiger partial charge < -0.3 is 4.74 Å². The normalized spacial score (nSPS) is 14.9. The first-order valence-corrected chi connectivity index (χ1v) is 8.62. The first-order chi connectivity index (χ1) is 10.4. The van der Waals surface area contributed by atoms with Crippen molar-refractivity contribution in [2.75, 3.05) is 6.61 Å². The van der Waals surface area contributed by atoms with Gasteiger partial charge in [0.1, 0.15) is 0 Å². The first-order valence-electron chi connectivity index (χ1n) is 8.62. The molecule has 0 fully saturated rings. The summed E-state index contributed by atoms with van der Waals surface area (Å²) in [6.45, 7) is 12.9. The van der Waals surface area contributed by atoms with Crippen molar-refractivity contribution >= 4 is 5.97 Å². The summed E-state index contributed by atoms with van der Waals surface area (Å²) in [5.41, 5.74) is 3.65. The standard InChI is InChI=1S/C20H34O2/c1-7-16(4)11-10-12-19(8-2)14-13-17(5)18(6)15-20(21)22-9-3/h11,13,15,19H,7-10,12,14H2,1-6H3. The highest BCUT2D eigenvalue weighted by atomic mass is 16.5. The minimum Gasteiger partial charge on any atom is -0.463 e. The summed E-state index contributed by atoms with van der Waals surface area (Å²) in [5, 5.41) is 0. The molecule has 126 valence electrons. The molecule has 0 rings (SSSR count). The Morgan fingerprint density at radius 2 is 1.73 bits per heavy atom. The third-order valence-corrected chi connectivity index (χ3v) is 4.20. The fourth-order valence-electron chi connectivity index (χ4n) is 2.18. The van der Waals surface area contributed by atoms with E-state index < -0.39 is 0 Å². The van der Waals surface area contributed by atoms with Crippen LogP contribution in [0.15, 0.2) is 34.9 Å². The van der Waals surface area contributed by atoms with Crippen LogP contribution in [-0.2, 0) is 9.53 Å². The monoisotopic (exact) mass is 306 g/mol. The fraction of sp³-hybridized carbons (Fsp3) is 0.650. The van der Waals surface area contributed by atoms with Crippen LogP contribution in [0.2, 0.25) is 0 Å². The minimum atomic E-state index is -0.250. The van der Waals surface area contributed by atoms with Gasteiger partial charge in [0.15, 0.2) is 0 Å². The second-order valence-electron chi connectivity index (χ2n) is 5.96. The van der Waals surface area contributed by atoms with E-state index >= 15 is 0 Å². The number of carbonyl (C=O) groups is 1. The molecule has 0 spiro atoms. The van der Waals surface area contributed by atoms with Gasteiger partial charge in [-0.25, -0.2) is 4.79 Å². The van der Waals surface area contributed by atoms with Crippen molar-refractivity contribution in [1.82, 2.24) is 0 Å². The van der Waals surface area contributed by atoms with Crippen molar-refractivity contribution in [2.45, 2.75) is 73.6 Å². The maximum absolute atomic E-state index is 11.5. The van der Waals surface area contributed by atoms with Gasteiger partial charge in [-0.1, -0.05) is 43.6 Å². The number of esters is 1. The summed E-state index contributed by atoms with van der Waals surface area (Å²) in [5.74, 6) is 0.464. The van der Waals surface area contributed by atoms with Crippen LogP contribution in [0.5, 0.6) is 0 Å². The smallest absolute Gasteiger partial charge is 0.331 e. The second-order valence-corrected chi connectivity index (χ2v) is 5.96. The lowest BCUT2D eigenvalue weighted by Gasteiger charge is -2.12. The zero-order valence-electron chi connectivity index (χ0n) is 15.4. The average molecular weight is 306 g/mol. The molecule has 0 aliphatic heterocycles. The van der Waals surface area contributed by atoms with Crippen LogP contribution in [-0.4, -0.2) is 12.6 Å². The van der Waals surface area contributed by atoms with Crippen LogP contribution in [0.25, 0.3) is 0 Å². The molecule has 22 heavy (non-hydrogen) atoms. The second kappa shape index (κ2) is 12.3. The number of ether oxygens (including phenoxy) is 1. The summed E-state index contributed by atoms with van der Waals surface area (Å²) in [6, 6.07) is 0. The maximum atomic E-state index is 11.5. The lowest BCUT2D eigenvalue weighted by atomic mass is 9.94. The molecule has 2 nitrogen and oxygen atoms in total. The van der Waals surface area contributed by atoms with Crippen LogP contribution in [0.4, 0.5) is 0 Å². The molecule has 0 saturated carbocycles. The van der Waals surface area contributed by atoms with Crippen LogP contribution >= 0.6 is 0 Å². The molecule has 0 amide bonds. The Labute approximate surface area is 137 Å². The Morgan fingerprint density at radius 3 is 2.27 bits per heavy atom.